The van der Waals surface area contributed by atoms with Crippen molar-refractivity contribution in [2.24, 2.45) is 0 Å². The van der Waals surface area contributed by atoms with Gasteiger partial charge in [-0.05, 0) is 25.5 Å². The summed E-state index contributed by atoms with van der Waals surface area (Å²) in [5.74, 6) is 0.607. The molecule has 4 heteroatoms. The molecule has 0 aromatic heterocycles. The van der Waals surface area contributed by atoms with Gasteiger partial charge >= 0.3 is 0 Å². The Balaban J connectivity index is 2.71. The van der Waals surface area contributed by atoms with Crippen LogP contribution in [-0.2, 0) is 4.74 Å². The average molecular weight is 240 g/mol. The highest BCUT2D eigenvalue weighted by Gasteiger charge is 2.11. The molecule has 0 saturated heterocycles. The van der Waals surface area contributed by atoms with E-state index in [2.05, 4.69) is 0 Å². The largest absolute Gasteiger partial charge is 0.490 e. The molecule has 96 valence electrons. The zero-order chi connectivity index (χ0) is 12.8. The summed E-state index contributed by atoms with van der Waals surface area (Å²) in [6, 6.07) is 5.60. The Morgan fingerprint density at radius 3 is 2.53 bits per heavy atom. The van der Waals surface area contributed by atoms with E-state index < -0.39 is 12.2 Å². The first-order valence-corrected chi connectivity index (χ1v) is 5.63. The van der Waals surface area contributed by atoms with Gasteiger partial charge in [0.25, 0.3) is 0 Å². The number of methoxy groups -OCH3 is 1. The molecule has 0 radical (unpaired) electrons. The van der Waals surface area contributed by atoms with E-state index in [9.17, 15) is 10.2 Å². The number of hydrogen-bond acceptors (Lipinski definition) is 4. The fraction of sp³-hybridized carbons (Fsp3) is 0.538. The van der Waals surface area contributed by atoms with Crippen LogP contribution in [0.5, 0.6) is 5.75 Å². The molecule has 1 aromatic carbocycles. The van der Waals surface area contributed by atoms with E-state index in [0.717, 1.165) is 11.1 Å². The van der Waals surface area contributed by atoms with E-state index in [1.54, 1.807) is 6.92 Å². The fourth-order valence-corrected chi connectivity index (χ4v) is 1.54. The summed E-state index contributed by atoms with van der Waals surface area (Å²) in [7, 11) is 1.52. The van der Waals surface area contributed by atoms with Crippen LogP contribution in [0.1, 0.15) is 24.2 Å². The van der Waals surface area contributed by atoms with Crippen LogP contribution in [0.25, 0.3) is 0 Å². The van der Waals surface area contributed by atoms with Crippen LogP contribution < -0.4 is 4.74 Å². The first kappa shape index (κ1) is 14.0. The van der Waals surface area contributed by atoms with Gasteiger partial charge in [-0.15, -0.1) is 0 Å². The SMILES string of the molecule is COCC(O)COc1cc(C)ccc1[C@H](C)O. The van der Waals surface area contributed by atoms with E-state index in [4.69, 9.17) is 9.47 Å². The number of ether oxygens (including phenoxy) is 2. The topological polar surface area (TPSA) is 58.9 Å². The van der Waals surface area contributed by atoms with Crippen LogP contribution in [0.2, 0.25) is 0 Å². The average Bonchev–Trinajstić information content (AvgIpc) is 2.26. The van der Waals surface area contributed by atoms with Crippen molar-refractivity contribution in [3.63, 3.8) is 0 Å². The number of hydrogen-bond donors (Lipinski definition) is 2. The van der Waals surface area contributed by atoms with Gasteiger partial charge < -0.3 is 19.7 Å². The van der Waals surface area contributed by atoms with E-state index >= 15 is 0 Å². The summed E-state index contributed by atoms with van der Waals surface area (Å²) in [4.78, 5) is 0. The summed E-state index contributed by atoms with van der Waals surface area (Å²) >= 11 is 0. The predicted molar refractivity (Wildman–Crippen MR) is 65.2 cm³/mol. The van der Waals surface area contributed by atoms with Crippen LogP contribution in [-0.4, -0.2) is 36.6 Å². The van der Waals surface area contributed by atoms with Crippen LogP contribution in [0.3, 0.4) is 0 Å². The highest BCUT2D eigenvalue weighted by molar-refractivity contribution is 5.38. The summed E-state index contributed by atoms with van der Waals surface area (Å²) in [5.41, 5.74) is 1.77. The molecule has 0 amide bonds. The normalized spacial score (nSPS) is 14.4. The second-order valence-electron chi connectivity index (χ2n) is 4.14. The van der Waals surface area contributed by atoms with Gasteiger partial charge in [-0.2, -0.15) is 0 Å². The molecule has 2 N–H and O–H groups in total. The van der Waals surface area contributed by atoms with Crippen molar-refractivity contribution in [1.82, 2.24) is 0 Å². The maximum Gasteiger partial charge on any atom is 0.125 e. The molecule has 0 spiro atoms. The minimum absolute atomic E-state index is 0.150. The van der Waals surface area contributed by atoms with Crippen molar-refractivity contribution in [2.45, 2.75) is 26.1 Å². The lowest BCUT2D eigenvalue weighted by Crippen LogP contribution is -2.23. The minimum Gasteiger partial charge on any atom is -0.490 e. The van der Waals surface area contributed by atoms with E-state index in [-0.39, 0.29) is 13.2 Å². The molecule has 0 fully saturated rings. The van der Waals surface area contributed by atoms with Gasteiger partial charge in [0.05, 0.1) is 12.7 Å². The lowest BCUT2D eigenvalue weighted by atomic mass is 10.1. The highest BCUT2D eigenvalue weighted by Crippen LogP contribution is 2.26. The lowest BCUT2D eigenvalue weighted by Gasteiger charge is -2.16. The number of rotatable bonds is 6. The van der Waals surface area contributed by atoms with Crippen LogP contribution >= 0.6 is 0 Å². The highest BCUT2D eigenvalue weighted by atomic mass is 16.5. The van der Waals surface area contributed by atoms with Crippen molar-refractivity contribution >= 4 is 0 Å². The van der Waals surface area contributed by atoms with Gasteiger partial charge in [-0.1, -0.05) is 12.1 Å². The van der Waals surface area contributed by atoms with Crippen LogP contribution in [0.15, 0.2) is 18.2 Å². The number of aliphatic hydroxyl groups is 2. The Kier molecular flexibility index (Phi) is 5.41. The van der Waals surface area contributed by atoms with Gasteiger partial charge in [0.2, 0.25) is 0 Å². The molecular weight excluding hydrogens is 220 g/mol. The smallest absolute Gasteiger partial charge is 0.125 e. The van der Waals surface area contributed by atoms with Crippen molar-refractivity contribution in [3.8, 4) is 5.75 Å². The Bertz CT molecular complexity index is 349. The van der Waals surface area contributed by atoms with Gasteiger partial charge in [0, 0.05) is 12.7 Å². The molecule has 0 aliphatic carbocycles. The Labute approximate surface area is 102 Å². The molecule has 4 nitrogen and oxygen atoms in total. The van der Waals surface area contributed by atoms with Crippen molar-refractivity contribution in [3.05, 3.63) is 29.3 Å². The fourth-order valence-electron chi connectivity index (χ4n) is 1.54. The van der Waals surface area contributed by atoms with Crippen molar-refractivity contribution in [2.75, 3.05) is 20.3 Å². The molecule has 17 heavy (non-hydrogen) atoms. The Hall–Kier alpha value is -1.10. The zero-order valence-electron chi connectivity index (χ0n) is 10.5. The van der Waals surface area contributed by atoms with Gasteiger partial charge in [0.15, 0.2) is 0 Å². The van der Waals surface area contributed by atoms with Crippen molar-refractivity contribution < 1.29 is 19.7 Å². The van der Waals surface area contributed by atoms with E-state index in [1.165, 1.54) is 7.11 Å². The summed E-state index contributed by atoms with van der Waals surface area (Å²) < 4.78 is 10.3. The first-order chi connectivity index (χ1) is 8.04. The molecular formula is C13H20O4. The van der Waals surface area contributed by atoms with Gasteiger partial charge in [-0.25, -0.2) is 0 Å². The molecule has 1 aromatic rings. The number of aliphatic hydroxyl groups excluding tert-OH is 2. The molecule has 0 saturated carbocycles. The Morgan fingerprint density at radius 1 is 1.24 bits per heavy atom. The monoisotopic (exact) mass is 240 g/mol. The molecule has 2 atom stereocenters. The zero-order valence-corrected chi connectivity index (χ0v) is 10.5. The third kappa shape index (κ3) is 4.34. The van der Waals surface area contributed by atoms with Crippen LogP contribution in [0.4, 0.5) is 0 Å². The molecule has 0 aliphatic heterocycles. The van der Waals surface area contributed by atoms with Crippen LogP contribution in [0, 0.1) is 6.92 Å². The van der Waals surface area contributed by atoms with E-state index in [0.29, 0.717) is 5.75 Å². The maximum atomic E-state index is 9.60. The second-order valence-corrected chi connectivity index (χ2v) is 4.14. The molecule has 0 aliphatic rings. The molecule has 1 unspecified atom stereocenters. The molecule has 0 heterocycles. The number of aryl methyl sites for hydroxylation is 1. The maximum absolute atomic E-state index is 9.60. The summed E-state index contributed by atoms with van der Waals surface area (Å²) in [5, 5.41) is 19.1. The minimum atomic E-state index is -0.664. The number of benzene rings is 1. The molecule has 1 rings (SSSR count). The van der Waals surface area contributed by atoms with E-state index in [1.807, 2.05) is 25.1 Å². The Morgan fingerprint density at radius 2 is 1.94 bits per heavy atom. The molecule has 0 bridgehead atoms. The van der Waals surface area contributed by atoms with Gasteiger partial charge in [0.1, 0.15) is 18.5 Å². The standard InChI is InChI=1S/C13H20O4/c1-9-4-5-12(10(2)14)13(6-9)17-8-11(15)7-16-3/h4-6,10-11,14-15H,7-8H2,1-3H3/t10-,11?/m0/s1. The summed E-state index contributed by atoms with van der Waals surface area (Å²) in [6.07, 6.45) is -1.26. The van der Waals surface area contributed by atoms with Gasteiger partial charge in [-0.3, -0.25) is 0 Å². The predicted octanol–water partition coefficient (Wildman–Crippen LogP) is 1.43. The quantitative estimate of drug-likeness (QED) is 0.790. The first-order valence-electron chi connectivity index (χ1n) is 5.63. The lowest BCUT2D eigenvalue weighted by molar-refractivity contribution is 0.0316. The van der Waals surface area contributed by atoms with Crippen molar-refractivity contribution in [1.29, 1.82) is 0 Å². The summed E-state index contributed by atoms with van der Waals surface area (Å²) in [6.45, 7) is 4.01. The second kappa shape index (κ2) is 6.59. The third-order valence-corrected chi connectivity index (χ3v) is 2.41. The third-order valence-electron chi connectivity index (χ3n) is 2.41.